The molecular weight excluding hydrogens is 318 g/mol. The van der Waals surface area contributed by atoms with E-state index in [0.29, 0.717) is 19.5 Å². The Kier molecular flexibility index (Phi) is 6.28. The molecule has 1 aromatic carbocycles. The van der Waals surface area contributed by atoms with Crippen LogP contribution in [0.1, 0.15) is 39.2 Å². The lowest BCUT2D eigenvalue weighted by molar-refractivity contribution is -0.119. The number of carbonyl (C=O) groups is 2. The van der Waals surface area contributed by atoms with Gasteiger partial charge in [-0.3, -0.25) is 4.79 Å². The van der Waals surface area contributed by atoms with Crippen molar-refractivity contribution < 1.29 is 14.3 Å². The van der Waals surface area contributed by atoms with Gasteiger partial charge in [0.1, 0.15) is 5.60 Å². The number of nitrogens with one attached hydrogen (secondary N) is 2. The van der Waals surface area contributed by atoms with Gasteiger partial charge in [0.05, 0.1) is 6.42 Å². The van der Waals surface area contributed by atoms with E-state index >= 15 is 0 Å². The van der Waals surface area contributed by atoms with Gasteiger partial charge in [-0.1, -0.05) is 18.2 Å². The van der Waals surface area contributed by atoms with Crippen LogP contribution in [-0.2, 0) is 16.0 Å². The van der Waals surface area contributed by atoms with Crippen LogP contribution < -0.4 is 10.6 Å². The number of para-hydroxylation sites is 1. The van der Waals surface area contributed by atoms with E-state index in [1.165, 1.54) is 0 Å². The lowest BCUT2D eigenvalue weighted by Gasteiger charge is -2.35. The van der Waals surface area contributed by atoms with Crippen LogP contribution in [0, 0.1) is 0 Å². The molecule has 1 aliphatic rings. The van der Waals surface area contributed by atoms with Gasteiger partial charge < -0.3 is 20.3 Å². The van der Waals surface area contributed by atoms with Crippen LogP contribution >= 0.6 is 0 Å². The highest BCUT2D eigenvalue weighted by Gasteiger charge is 2.27. The van der Waals surface area contributed by atoms with E-state index in [1.54, 1.807) is 11.9 Å². The number of piperidine rings is 1. The third-order valence-electron chi connectivity index (χ3n) is 4.08. The molecule has 1 unspecified atom stereocenters. The van der Waals surface area contributed by atoms with Crippen molar-refractivity contribution in [2.24, 2.45) is 0 Å². The minimum Gasteiger partial charge on any atom is -0.444 e. The topological polar surface area (TPSA) is 70.7 Å². The summed E-state index contributed by atoms with van der Waals surface area (Å²) in [7, 11) is 1.64. The summed E-state index contributed by atoms with van der Waals surface area (Å²) in [5.74, 6) is -0.0201. The number of amides is 2. The van der Waals surface area contributed by atoms with Gasteiger partial charge in [-0.05, 0) is 45.2 Å². The molecule has 0 aliphatic carbocycles. The summed E-state index contributed by atoms with van der Waals surface area (Å²) in [5, 5.41) is 6.15. The fourth-order valence-corrected chi connectivity index (χ4v) is 2.88. The Morgan fingerprint density at radius 3 is 2.68 bits per heavy atom. The molecule has 2 rings (SSSR count). The van der Waals surface area contributed by atoms with Gasteiger partial charge in [0.2, 0.25) is 5.91 Å². The minimum absolute atomic E-state index is 0.0201. The number of nitrogens with zero attached hydrogens (tertiary/aromatic N) is 1. The highest BCUT2D eigenvalue weighted by Crippen LogP contribution is 2.21. The first-order chi connectivity index (χ1) is 11.8. The summed E-state index contributed by atoms with van der Waals surface area (Å²) in [4.78, 5) is 25.7. The number of likely N-dealkylation sites (tertiary alicyclic amines) is 1. The van der Waals surface area contributed by atoms with Crippen LogP contribution in [0.25, 0.3) is 0 Å². The molecule has 1 atom stereocenters. The average Bonchev–Trinajstić information content (AvgIpc) is 2.55. The number of carbonyl (C=O) groups excluding carboxylic acids is 2. The highest BCUT2D eigenvalue weighted by atomic mass is 16.6. The molecule has 0 aromatic heterocycles. The Labute approximate surface area is 149 Å². The predicted molar refractivity (Wildman–Crippen MR) is 98.7 cm³/mol. The summed E-state index contributed by atoms with van der Waals surface area (Å²) >= 11 is 0. The molecule has 1 saturated heterocycles. The lowest BCUT2D eigenvalue weighted by Crippen LogP contribution is -2.47. The van der Waals surface area contributed by atoms with Crippen molar-refractivity contribution in [1.29, 1.82) is 0 Å². The van der Waals surface area contributed by atoms with Crippen molar-refractivity contribution in [3.63, 3.8) is 0 Å². The first kappa shape index (κ1) is 19.1. The first-order valence-corrected chi connectivity index (χ1v) is 8.81. The number of hydrogen-bond donors (Lipinski definition) is 2. The number of benzene rings is 1. The number of likely N-dealkylation sites (N-methyl/N-ethyl adjacent to an activating group) is 1. The zero-order chi connectivity index (χ0) is 18.4. The molecule has 138 valence electrons. The fourth-order valence-electron chi connectivity index (χ4n) is 2.88. The second kappa shape index (κ2) is 8.23. The maximum Gasteiger partial charge on any atom is 0.410 e. The molecule has 1 aromatic rings. The SMILES string of the molecule is CNC(=O)Cc1ccccc1NC1CCCN(C(=O)OC(C)(C)C)C1. The van der Waals surface area contributed by atoms with E-state index in [-0.39, 0.29) is 18.0 Å². The molecule has 2 amide bonds. The average molecular weight is 347 g/mol. The van der Waals surface area contributed by atoms with E-state index in [4.69, 9.17) is 4.74 Å². The van der Waals surface area contributed by atoms with Gasteiger partial charge in [0, 0.05) is 31.9 Å². The van der Waals surface area contributed by atoms with Crippen molar-refractivity contribution >= 4 is 17.7 Å². The number of anilines is 1. The van der Waals surface area contributed by atoms with Crippen LogP contribution in [0.4, 0.5) is 10.5 Å². The monoisotopic (exact) mass is 347 g/mol. The molecule has 0 bridgehead atoms. The van der Waals surface area contributed by atoms with E-state index in [0.717, 1.165) is 24.1 Å². The molecule has 1 aliphatic heterocycles. The second-order valence-electron chi connectivity index (χ2n) is 7.42. The summed E-state index contributed by atoms with van der Waals surface area (Å²) < 4.78 is 5.47. The van der Waals surface area contributed by atoms with Crippen LogP contribution in [0.2, 0.25) is 0 Å². The maximum absolute atomic E-state index is 12.3. The summed E-state index contributed by atoms with van der Waals surface area (Å²) in [6.07, 6.45) is 1.97. The summed E-state index contributed by atoms with van der Waals surface area (Å²) in [6, 6.07) is 7.95. The summed E-state index contributed by atoms with van der Waals surface area (Å²) in [5.41, 5.74) is 1.41. The van der Waals surface area contributed by atoms with Crippen molar-refractivity contribution in [2.75, 3.05) is 25.5 Å². The molecular formula is C19H29N3O3. The predicted octanol–water partition coefficient (Wildman–Crippen LogP) is 2.79. The zero-order valence-electron chi connectivity index (χ0n) is 15.6. The van der Waals surface area contributed by atoms with Crippen LogP contribution in [0.5, 0.6) is 0 Å². The third kappa shape index (κ3) is 5.96. The van der Waals surface area contributed by atoms with Crippen molar-refractivity contribution in [3.8, 4) is 0 Å². The van der Waals surface area contributed by atoms with Gasteiger partial charge in [-0.2, -0.15) is 0 Å². The normalized spacial score (nSPS) is 17.8. The van der Waals surface area contributed by atoms with Gasteiger partial charge in [-0.15, -0.1) is 0 Å². The lowest BCUT2D eigenvalue weighted by atomic mass is 10.0. The van der Waals surface area contributed by atoms with Crippen LogP contribution in [0.3, 0.4) is 0 Å². The van der Waals surface area contributed by atoms with Gasteiger partial charge in [0.25, 0.3) is 0 Å². The Hall–Kier alpha value is -2.24. The first-order valence-electron chi connectivity index (χ1n) is 8.81. The summed E-state index contributed by atoms with van der Waals surface area (Å²) in [6.45, 7) is 6.94. The van der Waals surface area contributed by atoms with Crippen molar-refractivity contribution in [3.05, 3.63) is 29.8 Å². The maximum atomic E-state index is 12.3. The zero-order valence-corrected chi connectivity index (χ0v) is 15.6. The van der Waals surface area contributed by atoms with Crippen LogP contribution in [-0.4, -0.2) is 48.7 Å². The molecule has 1 fully saturated rings. The van der Waals surface area contributed by atoms with E-state index in [2.05, 4.69) is 10.6 Å². The minimum atomic E-state index is -0.489. The quantitative estimate of drug-likeness (QED) is 0.879. The Morgan fingerprint density at radius 1 is 1.28 bits per heavy atom. The molecule has 1 heterocycles. The molecule has 6 nitrogen and oxygen atoms in total. The van der Waals surface area contributed by atoms with Crippen LogP contribution in [0.15, 0.2) is 24.3 Å². The standard InChI is InChI=1S/C19H29N3O3/c1-19(2,3)25-18(24)22-11-7-9-15(13-22)21-16-10-6-5-8-14(16)12-17(23)20-4/h5-6,8,10,15,21H,7,9,11-13H2,1-4H3,(H,20,23). The van der Waals surface area contributed by atoms with Gasteiger partial charge >= 0.3 is 6.09 Å². The molecule has 6 heteroatoms. The molecule has 0 spiro atoms. The van der Waals surface area contributed by atoms with E-state index in [1.807, 2.05) is 45.0 Å². The Balaban J connectivity index is 2.01. The Morgan fingerprint density at radius 2 is 2.00 bits per heavy atom. The van der Waals surface area contributed by atoms with Crippen molar-refractivity contribution in [1.82, 2.24) is 10.2 Å². The number of hydrogen-bond acceptors (Lipinski definition) is 4. The molecule has 2 N–H and O–H groups in total. The van der Waals surface area contributed by atoms with E-state index in [9.17, 15) is 9.59 Å². The van der Waals surface area contributed by atoms with Crippen molar-refractivity contribution in [2.45, 2.75) is 51.7 Å². The smallest absolute Gasteiger partial charge is 0.410 e. The number of rotatable bonds is 4. The second-order valence-corrected chi connectivity index (χ2v) is 7.42. The largest absolute Gasteiger partial charge is 0.444 e. The molecule has 0 radical (unpaired) electrons. The fraction of sp³-hybridized carbons (Fsp3) is 0.579. The van der Waals surface area contributed by atoms with Gasteiger partial charge in [-0.25, -0.2) is 4.79 Å². The Bertz CT molecular complexity index is 610. The molecule has 25 heavy (non-hydrogen) atoms. The third-order valence-corrected chi connectivity index (χ3v) is 4.08. The molecule has 0 saturated carbocycles. The highest BCUT2D eigenvalue weighted by molar-refractivity contribution is 5.80. The number of ether oxygens (including phenoxy) is 1. The van der Waals surface area contributed by atoms with E-state index < -0.39 is 5.60 Å². The van der Waals surface area contributed by atoms with Gasteiger partial charge in [0.15, 0.2) is 0 Å².